The summed E-state index contributed by atoms with van der Waals surface area (Å²) in [5.74, 6) is 0.282. The number of amides is 2. The normalized spacial score (nSPS) is 20.1. The molecule has 2 aliphatic heterocycles. The Morgan fingerprint density at radius 3 is 2.53 bits per heavy atom. The molecule has 3 heterocycles. The van der Waals surface area contributed by atoms with Gasteiger partial charge in [0.2, 0.25) is 5.91 Å². The van der Waals surface area contributed by atoms with E-state index in [4.69, 9.17) is 5.10 Å². The maximum atomic E-state index is 13.6. The van der Waals surface area contributed by atoms with Crippen LogP contribution in [-0.2, 0) is 17.6 Å². The van der Waals surface area contributed by atoms with Crippen LogP contribution in [0.25, 0.3) is 5.69 Å². The number of hydrogen-bond acceptors (Lipinski definition) is 3. The van der Waals surface area contributed by atoms with Crippen LogP contribution in [0.3, 0.4) is 0 Å². The molecule has 34 heavy (non-hydrogen) atoms. The molecule has 0 spiro atoms. The molecule has 0 saturated carbocycles. The molecule has 1 N–H and O–H groups in total. The van der Waals surface area contributed by atoms with E-state index in [2.05, 4.69) is 42.6 Å². The third kappa shape index (κ3) is 3.52. The second-order valence-electron chi connectivity index (χ2n) is 9.91. The molecular formula is C28H30N4O2. The maximum Gasteiger partial charge on any atom is 0.274 e. The highest BCUT2D eigenvalue weighted by Gasteiger charge is 2.39. The molecule has 6 nitrogen and oxygen atoms in total. The third-order valence-corrected chi connectivity index (χ3v) is 7.80. The molecule has 0 radical (unpaired) electrons. The van der Waals surface area contributed by atoms with Crippen LogP contribution in [0, 0.1) is 12.8 Å². The minimum atomic E-state index is -0.109. The number of benzene rings is 2. The van der Waals surface area contributed by atoms with Crippen molar-refractivity contribution in [1.82, 2.24) is 14.7 Å². The van der Waals surface area contributed by atoms with Gasteiger partial charge in [-0.05, 0) is 75.1 Å². The van der Waals surface area contributed by atoms with E-state index in [1.54, 1.807) is 0 Å². The number of fused-ring (bicyclic) bond motifs is 2. The van der Waals surface area contributed by atoms with E-state index in [0.717, 1.165) is 61.0 Å². The van der Waals surface area contributed by atoms with Crippen LogP contribution in [0.2, 0.25) is 0 Å². The number of anilines is 1. The lowest BCUT2D eigenvalue weighted by molar-refractivity contribution is -0.118. The van der Waals surface area contributed by atoms with E-state index < -0.39 is 0 Å². The van der Waals surface area contributed by atoms with Crippen molar-refractivity contribution in [1.29, 1.82) is 0 Å². The molecule has 6 heteroatoms. The summed E-state index contributed by atoms with van der Waals surface area (Å²) in [6.45, 7) is 3.41. The fourth-order valence-electron chi connectivity index (χ4n) is 5.96. The molecule has 1 unspecified atom stereocenters. The Labute approximate surface area is 200 Å². The molecular weight excluding hydrogens is 424 g/mol. The van der Waals surface area contributed by atoms with Gasteiger partial charge in [0.25, 0.3) is 5.91 Å². The zero-order valence-electron chi connectivity index (χ0n) is 19.6. The molecule has 3 aromatic rings. The van der Waals surface area contributed by atoms with Crippen molar-refractivity contribution in [3.05, 3.63) is 76.6 Å². The van der Waals surface area contributed by atoms with Gasteiger partial charge in [0, 0.05) is 30.0 Å². The lowest BCUT2D eigenvalue weighted by Crippen LogP contribution is -2.41. The molecule has 1 atom stereocenters. The first-order valence-electron chi connectivity index (χ1n) is 12.5. The number of likely N-dealkylation sites (tertiary alicyclic amines) is 1. The highest BCUT2D eigenvalue weighted by Crippen LogP contribution is 2.41. The number of carbonyl (C=O) groups is 2. The van der Waals surface area contributed by atoms with Crippen LogP contribution in [0.1, 0.15) is 64.5 Å². The van der Waals surface area contributed by atoms with E-state index in [1.165, 1.54) is 11.3 Å². The molecule has 174 valence electrons. The molecule has 1 aliphatic carbocycles. The Kier molecular flexibility index (Phi) is 5.24. The van der Waals surface area contributed by atoms with Crippen LogP contribution in [0.4, 0.5) is 5.69 Å². The zero-order valence-corrected chi connectivity index (χ0v) is 19.6. The van der Waals surface area contributed by atoms with E-state index >= 15 is 0 Å². The Morgan fingerprint density at radius 1 is 1.00 bits per heavy atom. The second kappa shape index (κ2) is 8.42. The SMILES string of the molecule is Cc1ccc(-n2nc(C(=O)N3CCC(C4C(=O)Nc5ccccc54)CC3)c3c2CCCC3)cc1. The van der Waals surface area contributed by atoms with Gasteiger partial charge in [-0.1, -0.05) is 35.9 Å². The van der Waals surface area contributed by atoms with Crippen molar-refractivity contribution in [2.24, 2.45) is 5.92 Å². The van der Waals surface area contributed by atoms with Crippen LogP contribution in [-0.4, -0.2) is 39.6 Å². The van der Waals surface area contributed by atoms with E-state index in [1.807, 2.05) is 27.8 Å². The van der Waals surface area contributed by atoms with Gasteiger partial charge in [-0.2, -0.15) is 5.10 Å². The van der Waals surface area contributed by atoms with Crippen LogP contribution >= 0.6 is 0 Å². The number of para-hydroxylation sites is 1. The van der Waals surface area contributed by atoms with Gasteiger partial charge in [-0.25, -0.2) is 4.68 Å². The lowest BCUT2D eigenvalue weighted by atomic mass is 9.80. The van der Waals surface area contributed by atoms with Crippen LogP contribution in [0.15, 0.2) is 48.5 Å². The topological polar surface area (TPSA) is 67.2 Å². The average Bonchev–Trinajstić information content (AvgIpc) is 3.42. The van der Waals surface area contributed by atoms with Crippen molar-refractivity contribution in [3.63, 3.8) is 0 Å². The number of aryl methyl sites for hydroxylation is 1. The fraction of sp³-hybridized carbons (Fsp3) is 0.393. The van der Waals surface area contributed by atoms with Crippen molar-refractivity contribution >= 4 is 17.5 Å². The van der Waals surface area contributed by atoms with Gasteiger partial charge >= 0.3 is 0 Å². The summed E-state index contributed by atoms with van der Waals surface area (Å²) in [4.78, 5) is 28.3. The van der Waals surface area contributed by atoms with Gasteiger partial charge in [0.15, 0.2) is 5.69 Å². The second-order valence-corrected chi connectivity index (χ2v) is 9.91. The summed E-state index contributed by atoms with van der Waals surface area (Å²) in [7, 11) is 0. The standard InChI is InChI=1S/C28H30N4O2/c1-18-10-12-20(13-11-18)32-24-9-5-3-7-22(24)26(30-32)28(34)31-16-14-19(15-17-31)25-21-6-2-4-8-23(21)29-27(25)33/h2,4,6,8,10-13,19,25H,3,5,7,9,14-17H2,1H3,(H,29,33). The number of hydrogen-bond donors (Lipinski definition) is 1. The molecule has 1 saturated heterocycles. The number of carbonyl (C=O) groups excluding carboxylic acids is 2. The average molecular weight is 455 g/mol. The summed E-state index contributed by atoms with van der Waals surface area (Å²) in [5.41, 5.74) is 7.20. The Hall–Kier alpha value is -3.41. The van der Waals surface area contributed by atoms with Gasteiger partial charge in [0.05, 0.1) is 11.6 Å². The summed E-state index contributed by atoms with van der Waals surface area (Å²) < 4.78 is 1.99. The van der Waals surface area contributed by atoms with Crippen molar-refractivity contribution in [2.75, 3.05) is 18.4 Å². The summed E-state index contributed by atoms with van der Waals surface area (Å²) in [5, 5.41) is 7.89. The maximum absolute atomic E-state index is 13.6. The Morgan fingerprint density at radius 2 is 1.74 bits per heavy atom. The summed E-state index contributed by atoms with van der Waals surface area (Å²) >= 11 is 0. The number of nitrogens with one attached hydrogen (secondary N) is 1. The minimum absolute atomic E-state index is 0.0405. The molecule has 2 aromatic carbocycles. The first-order chi connectivity index (χ1) is 16.6. The van der Waals surface area contributed by atoms with Crippen LogP contribution in [0.5, 0.6) is 0 Å². The largest absolute Gasteiger partial charge is 0.337 e. The minimum Gasteiger partial charge on any atom is -0.337 e. The van der Waals surface area contributed by atoms with Gasteiger partial charge in [0.1, 0.15) is 0 Å². The molecule has 0 bridgehead atoms. The first kappa shape index (κ1) is 21.1. The molecule has 2 amide bonds. The first-order valence-corrected chi connectivity index (χ1v) is 12.5. The van der Waals surface area contributed by atoms with Crippen molar-refractivity contribution < 1.29 is 9.59 Å². The highest BCUT2D eigenvalue weighted by molar-refractivity contribution is 6.03. The highest BCUT2D eigenvalue weighted by atomic mass is 16.2. The monoisotopic (exact) mass is 454 g/mol. The number of rotatable bonds is 3. The fourth-order valence-corrected chi connectivity index (χ4v) is 5.96. The third-order valence-electron chi connectivity index (χ3n) is 7.80. The van der Waals surface area contributed by atoms with Gasteiger partial charge in [-0.15, -0.1) is 0 Å². The predicted octanol–water partition coefficient (Wildman–Crippen LogP) is 4.65. The number of nitrogens with zero attached hydrogens (tertiary/aromatic N) is 3. The molecule has 3 aliphatic rings. The van der Waals surface area contributed by atoms with Gasteiger partial charge < -0.3 is 10.2 Å². The summed E-state index contributed by atoms with van der Waals surface area (Å²) in [6, 6.07) is 16.3. The smallest absolute Gasteiger partial charge is 0.274 e. The lowest BCUT2D eigenvalue weighted by Gasteiger charge is -2.34. The number of piperidine rings is 1. The Balaban J connectivity index is 1.22. The van der Waals surface area contributed by atoms with E-state index in [9.17, 15) is 9.59 Å². The van der Waals surface area contributed by atoms with Crippen LogP contribution < -0.4 is 5.32 Å². The zero-order chi connectivity index (χ0) is 23.2. The predicted molar refractivity (Wildman–Crippen MR) is 131 cm³/mol. The summed E-state index contributed by atoms with van der Waals surface area (Å²) in [6.07, 6.45) is 5.78. The Bertz CT molecular complexity index is 1250. The quantitative estimate of drug-likeness (QED) is 0.627. The van der Waals surface area contributed by atoms with Gasteiger partial charge in [-0.3, -0.25) is 9.59 Å². The van der Waals surface area contributed by atoms with E-state index in [0.29, 0.717) is 18.8 Å². The number of aromatic nitrogens is 2. The molecule has 1 aromatic heterocycles. The van der Waals surface area contributed by atoms with Crippen molar-refractivity contribution in [2.45, 2.75) is 51.4 Å². The van der Waals surface area contributed by atoms with Crippen molar-refractivity contribution in [3.8, 4) is 5.69 Å². The molecule has 1 fully saturated rings. The molecule has 6 rings (SSSR count). The van der Waals surface area contributed by atoms with E-state index in [-0.39, 0.29) is 23.7 Å².